The molecule has 0 spiro atoms. The van der Waals surface area contributed by atoms with E-state index in [1.807, 2.05) is 0 Å². The van der Waals surface area contributed by atoms with Crippen LogP contribution in [-0.4, -0.2) is 49.1 Å². The van der Waals surface area contributed by atoms with E-state index < -0.39 is 0 Å². The van der Waals surface area contributed by atoms with Crippen LogP contribution >= 0.6 is 0 Å². The molecule has 1 aliphatic rings. The predicted molar refractivity (Wildman–Crippen MR) is 76.5 cm³/mol. The Bertz CT molecular complexity index is 160. The van der Waals surface area contributed by atoms with Crippen LogP contribution in [0.1, 0.15) is 58.8 Å². The van der Waals surface area contributed by atoms with E-state index in [0.29, 0.717) is 0 Å². The molecule has 1 rings (SSSR count). The number of hydrogen-bond donors (Lipinski definition) is 0. The van der Waals surface area contributed by atoms with Gasteiger partial charge in [0, 0.05) is 0 Å². The van der Waals surface area contributed by atoms with Crippen LogP contribution in [0.4, 0.5) is 0 Å². The summed E-state index contributed by atoms with van der Waals surface area (Å²) in [6, 6.07) is 0. The van der Waals surface area contributed by atoms with Gasteiger partial charge in [0.05, 0.1) is 0 Å². The third kappa shape index (κ3) is 7.05. The molecule has 17 heavy (non-hydrogen) atoms. The normalized spacial score (nSPS) is 17.8. The van der Waals surface area contributed by atoms with Crippen LogP contribution in [0.15, 0.2) is 0 Å². The van der Waals surface area contributed by atoms with E-state index in [1.165, 1.54) is 84.2 Å². The summed E-state index contributed by atoms with van der Waals surface area (Å²) in [7, 11) is 0. The smallest absolute Gasteiger partial charge is 0.00187 e. The minimum Gasteiger partial charge on any atom is -0.304 e. The van der Waals surface area contributed by atoms with E-state index >= 15 is 0 Å². The number of unbranched alkanes of at least 4 members (excludes halogenated alkanes) is 3. The van der Waals surface area contributed by atoms with Crippen molar-refractivity contribution in [3.63, 3.8) is 0 Å². The van der Waals surface area contributed by atoms with Crippen molar-refractivity contribution < 1.29 is 0 Å². The summed E-state index contributed by atoms with van der Waals surface area (Å²) in [6.07, 6.45) is 9.98. The zero-order valence-corrected chi connectivity index (χ0v) is 12.1. The van der Waals surface area contributed by atoms with Gasteiger partial charge in [0.25, 0.3) is 0 Å². The topological polar surface area (TPSA) is 6.48 Å². The Hall–Kier alpha value is -0.0800. The molecular weight excluding hydrogens is 208 g/mol. The number of likely N-dealkylation sites (tertiary alicyclic amines) is 1. The number of nitrogens with zero attached hydrogens (tertiary/aromatic N) is 2. The third-order valence-electron chi connectivity index (χ3n) is 4.04. The van der Waals surface area contributed by atoms with Gasteiger partial charge in [0.1, 0.15) is 0 Å². The summed E-state index contributed by atoms with van der Waals surface area (Å²) in [4.78, 5) is 5.19. The van der Waals surface area contributed by atoms with Crippen molar-refractivity contribution in [2.45, 2.75) is 58.8 Å². The van der Waals surface area contributed by atoms with Gasteiger partial charge in [-0.3, -0.25) is 0 Å². The van der Waals surface area contributed by atoms with Crippen molar-refractivity contribution in [2.24, 2.45) is 0 Å². The van der Waals surface area contributed by atoms with Gasteiger partial charge < -0.3 is 9.80 Å². The van der Waals surface area contributed by atoms with Gasteiger partial charge >= 0.3 is 0 Å². The molecule has 1 aliphatic heterocycles. The summed E-state index contributed by atoms with van der Waals surface area (Å²) in [6.45, 7) is 12.3. The summed E-state index contributed by atoms with van der Waals surface area (Å²) in [5.74, 6) is 0. The Morgan fingerprint density at radius 1 is 0.824 bits per heavy atom. The Kier molecular flexibility index (Phi) is 8.72. The fourth-order valence-electron chi connectivity index (χ4n) is 2.75. The SMILES string of the molecule is CCN(CC)CCCCCCN1CCCCC1. The van der Waals surface area contributed by atoms with Crippen molar-refractivity contribution in [1.82, 2.24) is 9.80 Å². The lowest BCUT2D eigenvalue weighted by molar-refractivity contribution is 0.223. The molecule has 2 heteroatoms. The van der Waals surface area contributed by atoms with Crippen LogP contribution in [0.5, 0.6) is 0 Å². The first-order chi connectivity index (χ1) is 8.36. The summed E-state index contributed by atoms with van der Waals surface area (Å²) < 4.78 is 0. The Labute approximate surface area is 108 Å². The first-order valence-corrected chi connectivity index (χ1v) is 7.81. The maximum absolute atomic E-state index is 2.66. The molecule has 0 saturated carbocycles. The van der Waals surface area contributed by atoms with Gasteiger partial charge in [-0.15, -0.1) is 0 Å². The Balaban J connectivity index is 1.86. The predicted octanol–water partition coefficient (Wildman–Crippen LogP) is 3.37. The van der Waals surface area contributed by atoms with Gasteiger partial charge in [-0.25, -0.2) is 0 Å². The fraction of sp³-hybridized carbons (Fsp3) is 1.00. The average Bonchev–Trinajstić information content (AvgIpc) is 2.39. The minimum absolute atomic E-state index is 1.21. The standard InChI is InChI=1S/C15H32N2/c1-3-16(4-2)12-8-5-6-9-13-17-14-10-7-11-15-17/h3-15H2,1-2H3. The quantitative estimate of drug-likeness (QED) is 0.570. The first kappa shape index (κ1) is 15.0. The van der Waals surface area contributed by atoms with Crippen LogP contribution in [0.25, 0.3) is 0 Å². The molecular formula is C15H32N2. The molecule has 0 radical (unpaired) electrons. The molecule has 0 aliphatic carbocycles. The summed E-state index contributed by atoms with van der Waals surface area (Å²) in [5, 5.41) is 0. The maximum Gasteiger partial charge on any atom is -0.00187 e. The van der Waals surface area contributed by atoms with Gasteiger partial charge in [0.15, 0.2) is 0 Å². The molecule has 102 valence electrons. The van der Waals surface area contributed by atoms with E-state index in [4.69, 9.17) is 0 Å². The molecule has 0 amide bonds. The molecule has 1 fully saturated rings. The van der Waals surface area contributed by atoms with Crippen LogP contribution in [0.3, 0.4) is 0 Å². The van der Waals surface area contributed by atoms with E-state index in [9.17, 15) is 0 Å². The Morgan fingerprint density at radius 2 is 1.47 bits per heavy atom. The highest BCUT2D eigenvalue weighted by molar-refractivity contribution is 4.64. The van der Waals surface area contributed by atoms with Gasteiger partial charge in [-0.05, 0) is 65.0 Å². The zero-order chi connectivity index (χ0) is 12.3. The fourth-order valence-corrected chi connectivity index (χ4v) is 2.75. The molecule has 1 saturated heterocycles. The highest BCUT2D eigenvalue weighted by atomic mass is 15.1. The highest BCUT2D eigenvalue weighted by Gasteiger charge is 2.08. The van der Waals surface area contributed by atoms with E-state index in [0.717, 1.165) is 0 Å². The lowest BCUT2D eigenvalue weighted by Crippen LogP contribution is -2.30. The molecule has 0 atom stereocenters. The minimum atomic E-state index is 1.21. The van der Waals surface area contributed by atoms with E-state index in [1.54, 1.807) is 0 Å². The molecule has 0 bridgehead atoms. The second-order valence-electron chi connectivity index (χ2n) is 5.34. The van der Waals surface area contributed by atoms with Crippen LogP contribution < -0.4 is 0 Å². The molecule has 0 N–H and O–H groups in total. The molecule has 0 aromatic rings. The van der Waals surface area contributed by atoms with Crippen LogP contribution in [0.2, 0.25) is 0 Å². The largest absolute Gasteiger partial charge is 0.304 e. The van der Waals surface area contributed by atoms with Gasteiger partial charge in [-0.1, -0.05) is 33.1 Å². The number of piperidine rings is 1. The third-order valence-corrected chi connectivity index (χ3v) is 4.04. The van der Waals surface area contributed by atoms with Crippen molar-refractivity contribution in [3.8, 4) is 0 Å². The molecule has 0 unspecified atom stereocenters. The summed E-state index contributed by atoms with van der Waals surface area (Å²) >= 11 is 0. The molecule has 1 heterocycles. The van der Waals surface area contributed by atoms with Gasteiger partial charge in [-0.2, -0.15) is 0 Å². The van der Waals surface area contributed by atoms with E-state index in [-0.39, 0.29) is 0 Å². The van der Waals surface area contributed by atoms with Crippen molar-refractivity contribution in [2.75, 3.05) is 39.3 Å². The summed E-state index contributed by atoms with van der Waals surface area (Å²) in [5.41, 5.74) is 0. The Morgan fingerprint density at radius 3 is 2.12 bits per heavy atom. The molecule has 0 aromatic carbocycles. The zero-order valence-electron chi connectivity index (χ0n) is 12.1. The van der Waals surface area contributed by atoms with E-state index in [2.05, 4.69) is 23.6 Å². The van der Waals surface area contributed by atoms with Gasteiger partial charge in [0.2, 0.25) is 0 Å². The maximum atomic E-state index is 2.66. The molecule has 0 aromatic heterocycles. The second-order valence-corrected chi connectivity index (χ2v) is 5.34. The average molecular weight is 240 g/mol. The number of hydrogen-bond acceptors (Lipinski definition) is 2. The lowest BCUT2D eigenvalue weighted by Gasteiger charge is -2.26. The second kappa shape index (κ2) is 9.90. The molecule has 2 nitrogen and oxygen atoms in total. The number of rotatable bonds is 9. The van der Waals surface area contributed by atoms with Crippen LogP contribution in [-0.2, 0) is 0 Å². The highest BCUT2D eigenvalue weighted by Crippen LogP contribution is 2.10. The van der Waals surface area contributed by atoms with Crippen molar-refractivity contribution >= 4 is 0 Å². The van der Waals surface area contributed by atoms with Crippen molar-refractivity contribution in [1.29, 1.82) is 0 Å². The monoisotopic (exact) mass is 240 g/mol. The van der Waals surface area contributed by atoms with Crippen molar-refractivity contribution in [3.05, 3.63) is 0 Å². The lowest BCUT2D eigenvalue weighted by atomic mass is 10.1. The van der Waals surface area contributed by atoms with Crippen LogP contribution in [0, 0.1) is 0 Å². The first-order valence-electron chi connectivity index (χ1n) is 7.81.